The van der Waals surface area contributed by atoms with E-state index in [1.165, 1.54) is 0 Å². The Kier molecular flexibility index (Phi) is 3.61. The fourth-order valence-corrected chi connectivity index (χ4v) is 1.63. The van der Waals surface area contributed by atoms with Crippen LogP contribution in [0, 0.1) is 0 Å². The van der Waals surface area contributed by atoms with E-state index >= 15 is 0 Å². The molecule has 0 aromatic rings. The third kappa shape index (κ3) is 3.01. The van der Waals surface area contributed by atoms with Crippen molar-refractivity contribution >= 4 is 12.0 Å². The minimum Gasteiger partial charge on any atom is -0.465 e. The van der Waals surface area contributed by atoms with Crippen molar-refractivity contribution in [2.45, 2.75) is 31.6 Å². The smallest absolute Gasteiger partial charge is 0.465 e. The molecule has 1 saturated heterocycles. The summed E-state index contributed by atoms with van der Waals surface area (Å²) in [5, 5.41) is 10.3. The molecule has 1 aliphatic rings. The summed E-state index contributed by atoms with van der Waals surface area (Å²) in [6.45, 7) is -0.0801. The normalized spacial score (nSPS) is 21.7. The second-order valence-corrected chi connectivity index (χ2v) is 3.46. The molecule has 1 atom stereocenters. The monoisotopic (exact) mass is 240 g/mol. The lowest BCUT2D eigenvalue weighted by atomic mass is 10.1. The number of nitrogens with one attached hydrogen (secondary N) is 1. The van der Waals surface area contributed by atoms with Crippen LogP contribution in [0.5, 0.6) is 0 Å². The standard InChI is InChI=1S/C8H11F3N2O3/c9-8(10,11)6(14)13-4-2-1-3-5(13)12-7(15)16/h5,12H,1-4H2,(H,15,16). The van der Waals surface area contributed by atoms with Crippen LogP contribution in [-0.2, 0) is 4.79 Å². The van der Waals surface area contributed by atoms with Gasteiger partial charge in [-0.25, -0.2) is 4.79 Å². The van der Waals surface area contributed by atoms with Crippen LogP contribution in [0.3, 0.4) is 0 Å². The first-order valence-electron chi connectivity index (χ1n) is 4.69. The molecule has 0 spiro atoms. The molecule has 0 bridgehead atoms. The van der Waals surface area contributed by atoms with Crippen molar-refractivity contribution in [2.24, 2.45) is 0 Å². The molecule has 0 aromatic carbocycles. The average Bonchev–Trinajstić information content (AvgIpc) is 2.15. The topological polar surface area (TPSA) is 69.6 Å². The van der Waals surface area contributed by atoms with Crippen molar-refractivity contribution < 1.29 is 27.9 Å². The Hall–Kier alpha value is -1.47. The molecule has 92 valence electrons. The largest absolute Gasteiger partial charge is 0.471 e. The Morgan fingerprint density at radius 2 is 1.94 bits per heavy atom. The van der Waals surface area contributed by atoms with E-state index in [2.05, 4.69) is 0 Å². The van der Waals surface area contributed by atoms with Gasteiger partial charge in [-0.3, -0.25) is 4.79 Å². The van der Waals surface area contributed by atoms with E-state index in [0.717, 1.165) is 0 Å². The number of amides is 2. The van der Waals surface area contributed by atoms with Crippen molar-refractivity contribution in [3.05, 3.63) is 0 Å². The predicted octanol–water partition coefficient (Wildman–Crippen LogP) is 1.15. The molecule has 1 rings (SSSR count). The summed E-state index contributed by atoms with van der Waals surface area (Å²) in [6, 6.07) is 0. The van der Waals surface area contributed by atoms with E-state index in [4.69, 9.17) is 5.11 Å². The van der Waals surface area contributed by atoms with Gasteiger partial charge in [0.25, 0.3) is 0 Å². The van der Waals surface area contributed by atoms with E-state index < -0.39 is 24.3 Å². The Bertz CT molecular complexity index is 293. The first-order chi connectivity index (χ1) is 7.32. The maximum absolute atomic E-state index is 12.2. The number of likely N-dealkylation sites (tertiary alicyclic amines) is 1. The van der Waals surface area contributed by atoms with Gasteiger partial charge >= 0.3 is 18.2 Å². The highest BCUT2D eigenvalue weighted by Gasteiger charge is 2.45. The molecule has 0 saturated carbocycles. The van der Waals surface area contributed by atoms with Gasteiger partial charge in [0.1, 0.15) is 6.17 Å². The summed E-state index contributed by atoms with van der Waals surface area (Å²) in [4.78, 5) is 21.9. The lowest BCUT2D eigenvalue weighted by molar-refractivity contribution is -0.189. The Balaban J connectivity index is 2.74. The lowest BCUT2D eigenvalue weighted by Gasteiger charge is -2.35. The van der Waals surface area contributed by atoms with E-state index in [9.17, 15) is 22.8 Å². The summed E-state index contributed by atoms with van der Waals surface area (Å²) >= 11 is 0. The number of carboxylic acid groups (broad SMARTS) is 1. The molecule has 1 unspecified atom stereocenters. The highest BCUT2D eigenvalue weighted by Crippen LogP contribution is 2.23. The Labute approximate surface area is 89.2 Å². The van der Waals surface area contributed by atoms with Gasteiger partial charge in [-0.05, 0) is 19.3 Å². The van der Waals surface area contributed by atoms with Crippen molar-refractivity contribution in [1.29, 1.82) is 0 Å². The predicted molar refractivity (Wildman–Crippen MR) is 46.6 cm³/mol. The molecule has 0 radical (unpaired) electrons. The first-order valence-corrected chi connectivity index (χ1v) is 4.69. The molecular formula is C8H11F3N2O3. The number of carbonyl (C=O) groups is 2. The van der Waals surface area contributed by atoms with Gasteiger partial charge < -0.3 is 15.3 Å². The van der Waals surface area contributed by atoms with E-state index in [1.807, 2.05) is 5.32 Å². The fourth-order valence-electron chi connectivity index (χ4n) is 1.63. The van der Waals surface area contributed by atoms with Crippen LogP contribution < -0.4 is 5.32 Å². The summed E-state index contributed by atoms with van der Waals surface area (Å²) in [5.74, 6) is -1.99. The molecule has 1 fully saturated rings. The van der Waals surface area contributed by atoms with E-state index in [0.29, 0.717) is 17.7 Å². The van der Waals surface area contributed by atoms with Crippen LogP contribution >= 0.6 is 0 Å². The highest BCUT2D eigenvalue weighted by atomic mass is 19.4. The highest BCUT2D eigenvalue weighted by molar-refractivity contribution is 5.82. The number of rotatable bonds is 1. The zero-order chi connectivity index (χ0) is 12.3. The number of hydrogen-bond acceptors (Lipinski definition) is 2. The third-order valence-electron chi connectivity index (χ3n) is 2.30. The zero-order valence-corrected chi connectivity index (χ0v) is 8.25. The summed E-state index contributed by atoms with van der Waals surface area (Å²) in [5.41, 5.74) is 0. The van der Waals surface area contributed by atoms with Gasteiger partial charge in [-0.1, -0.05) is 0 Å². The molecule has 5 nitrogen and oxygen atoms in total. The molecule has 2 amide bonds. The summed E-state index contributed by atoms with van der Waals surface area (Å²) < 4.78 is 36.5. The third-order valence-corrected chi connectivity index (χ3v) is 2.30. The quantitative estimate of drug-likeness (QED) is 0.722. The number of piperidine rings is 1. The lowest BCUT2D eigenvalue weighted by Crippen LogP contribution is -2.56. The number of halogens is 3. The van der Waals surface area contributed by atoms with Gasteiger partial charge in [0, 0.05) is 6.54 Å². The van der Waals surface area contributed by atoms with E-state index in [1.54, 1.807) is 0 Å². The van der Waals surface area contributed by atoms with Crippen LogP contribution in [0.25, 0.3) is 0 Å². The van der Waals surface area contributed by atoms with Crippen LogP contribution in [0.1, 0.15) is 19.3 Å². The molecular weight excluding hydrogens is 229 g/mol. The van der Waals surface area contributed by atoms with Crippen LogP contribution in [0.2, 0.25) is 0 Å². The van der Waals surface area contributed by atoms with Gasteiger partial charge in [0.15, 0.2) is 0 Å². The number of carbonyl (C=O) groups excluding carboxylic acids is 1. The van der Waals surface area contributed by atoms with Gasteiger partial charge in [0.05, 0.1) is 0 Å². The van der Waals surface area contributed by atoms with Crippen molar-refractivity contribution in [3.8, 4) is 0 Å². The van der Waals surface area contributed by atoms with Crippen molar-refractivity contribution in [3.63, 3.8) is 0 Å². The fraction of sp³-hybridized carbons (Fsp3) is 0.750. The van der Waals surface area contributed by atoms with Crippen molar-refractivity contribution in [1.82, 2.24) is 10.2 Å². The maximum Gasteiger partial charge on any atom is 0.471 e. The maximum atomic E-state index is 12.2. The average molecular weight is 240 g/mol. The number of nitrogens with zero attached hydrogens (tertiary/aromatic N) is 1. The second kappa shape index (κ2) is 4.58. The molecule has 16 heavy (non-hydrogen) atoms. The van der Waals surface area contributed by atoms with Crippen LogP contribution in [0.15, 0.2) is 0 Å². The minimum atomic E-state index is -4.96. The first kappa shape index (κ1) is 12.6. The SMILES string of the molecule is O=C(O)NC1CCCCN1C(=O)C(F)(F)F. The molecule has 0 aliphatic carbocycles. The Morgan fingerprint density at radius 1 is 1.31 bits per heavy atom. The summed E-state index contributed by atoms with van der Waals surface area (Å²) in [7, 11) is 0. The molecule has 8 heteroatoms. The van der Waals surface area contributed by atoms with Gasteiger partial charge in [-0.2, -0.15) is 13.2 Å². The molecule has 1 heterocycles. The Morgan fingerprint density at radius 3 is 2.44 bits per heavy atom. The van der Waals surface area contributed by atoms with Crippen molar-refractivity contribution in [2.75, 3.05) is 6.54 Å². The van der Waals surface area contributed by atoms with Crippen LogP contribution in [0.4, 0.5) is 18.0 Å². The van der Waals surface area contributed by atoms with Crippen LogP contribution in [-0.4, -0.2) is 40.9 Å². The number of hydrogen-bond donors (Lipinski definition) is 2. The number of alkyl halides is 3. The van der Waals surface area contributed by atoms with Gasteiger partial charge in [0.2, 0.25) is 0 Å². The molecule has 0 aromatic heterocycles. The molecule has 2 N–H and O–H groups in total. The minimum absolute atomic E-state index is 0.0801. The van der Waals surface area contributed by atoms with Gasteiger partial charge in [-0.15, -0.1) is 0 Å². The second-order valence-electron chi connectivity index (χ2n) is 3.46. The molecule has 1 aliphatic heterocycles. The zero-order valence-electron chi connectivity index (χ0n) is 8.25. The van der Waals surface area contributed by atoms with E-state index in [-0.39, 0.29) is 13.0 Å². The summed E-state index contributed by atoms with van der Waals surface area (Å²) in [6.07, 6.45) is -6.25.